The Bertz CT molecular complexity index is 939. The van der Waals surface area contributed by atoms with Crippen molar-refractivity contribution in [1.82, 2.24) is 20.4 Å². The molecule has 4 rings (SSSR count). The smallest absolute Gasteiger partial charge is 0.407 e. The Morgan fingerprint density at radius 2 is 2.10 bits per heavy atom. The van der Waals surface area contributed by atoms with E-state index in [0.29, 0.717) is 18.9 Å². The number of aromatic nitrogens is 2. The number of amides is 2. The minimum Gasteiger partial charge on any atom is -0.446 e. The molecular weight excluding hydrogens is 382 g/mol. The van der Waals surface area contributed by atoms with Crippen molar-refractivity contribution in [2.45, 2.75) is 64.1 Å². The number of carbonyl (C=O) groups excluding carboxylic acids is 2. The van der Waals surface area contributed by atoms with Gasteiger partial charge in [-0.25, -0.2) is 4.79 Å². The van der Waals surface area contributed by atoms with E-state index in [9.17, 15) is 9.59 Å². The van der Waals surface area contributed by atoms with Crippen LogP contribution in [0.2, 0.25) is 0 Å². The first-order valence-electron chi connectivity index (χ1n) is 10.5. The first-order valence-corrected chi connectivity index (χ1v) is 10.5. The predicted octanol–water partition coefficient (Wildman–Crippen LogP) is 3.44. The second-order valence-corrected chi connectivity index (χ2v) is 8.58. The van der Waals surface area contributed by atoms with Gasteiger partial charge in [-0.1, -0.05) is 6.07 Å². The van der Waals surface area contributed by atoms with Crippen LogP contribution in [0.4, 0.5) is 16.3 Å². The van der Waals surface area contributed by atoms with Crippen LogP contribution >= 0.6 is 0 Å². The van der Waals surface area contributed by atoms with Crippen LogP contribution in [0.5, 0.6) is 0 Å². The summed E-state index contributed by atoms with van der Waals surface area (Å²) >= 11 is 0. The summed E-state index contributed by atoms with van der Waals surface area (Å²) < 4.78 is 5.51. The number of likely N-dealkylation sites (N-methyl/N-ethyl adjacent to an activating group) is 1. The molecule has 0 saturated heterocycles. The zero-order chi connectivity index (χ0) is 21.3. The van der Waals surface area contributed by atoms with Gasteiger partial charge >= 0.3 is 6.09 Å². The Labute approximate surface area is 176 Å². The molecule has 1 aliphatic heterocycles. The summed E-state index contributed by atoms with van der Waals surface area (Å²) in [6.07, 6.45) is 2.62. The number of fused-ring (bicyclic) bond motifs is 1. The fourth-order valence-corrected chi connectivity index (χ4v) is 4.17. The van der Waals surface area contributed by atoms with Crippen LogP contribution in [-0.4, -0.2) is 46.3 Å². The van der Waals surface area contributed by atoms with Gasteiger partial charge in [0, 0.05) is 43.0 Å². The average Bonchev–Trinajstić information content (AvgIpc) is 3.31. The summed E-state index contributed by atoms with van der Waals surface area (Å²) in [5, 5.41) is 13.6. The average molecular weight is 412 g/mol. The molecule has 1 saturated carbocycles. The maximum Gasteiger partial charge on any atom is 0.407 e. The van der Waals surface area contributed by atoms with Crippen LogP contribution < -0.4 is 10.6 Å². The SMILES string of the molecule is CC(C)NC(=O)OC1CC[C@H](c2cc(Nc3ccc4c(c3)CC(=O)N(C)C4)n[nH]2)C1. The number of nitrogens with one attached hydrogen (secondary N) is 3. The summed E-state index contributed by atoms with van der Waals surface area (Å²) in [5.74, 6) is 1.18. The van der Waals surface area contributed by atoms with Crippen molar-refractivity contribution >= 4 is 23.5 Å². The number of ether oxygens (including phenoxy) is 1. The molecule has 2 atom stereocenters. The number of rotatable bonds is 5. The number of carbonyl (C=O) groups is 2. The Balaban J connectivity index is 1.36. The zero-order valence-electron chi connectivity index (χ0n) is 17.7. The summed E-state index contributed by atoms with van der Waals surface area (Å²) in [5.41, 5.74) is 4.21. The molecule has 0 bridgehead atoms. The van der Waals surface area contributed by atoms with E-state index in [4.69, 9.17) is 4.74 Å². The quantitative estimate of drug-likeness (QED) is 0.700. The fraction of sp³-hybridized carbons (Fsp3) is 0.500. The molecule has 8 nitrogen and oxygen atoms in total. The molecule has 0 radical (unpaired) electrons. The minimum atomic E-state index is -0.347. The monoisotopic (exact) mass is 411 g/mol. The largest absolute Gasteiger partial charge is 0.446 e. The Kier molecular flexibility index (Phi) is 5.65. The van der Waals surface area contributed by atoms with E-state index in [2.05, 4.69) is 26.9 Å². The molecule has 1 unspecified atom stereocenters. The number of alkyl carbamates (subject to hydrolysis) is 1. The van der Waals surface area contributed by atoms with Crippen LogP contribution in [0.3, 0.4) is 0 Å². The van der Waals surface area contributed by atoms with Crippen LogP contribution in [0.15, 0.2) is 24.3 Å². The number of hydrogen-bond donors (Lipinski definition) is 3. The van der Waals surface area contributed by atoms with E-state index in [1.807, 2.05) is 39.1 Å². The minimum absolute atomic E-state index is 0.0650. The molecule has 2 aromatic rings. The highest BCUT2D eigenvalue weighted by molar-refractivity contribution is 5.81. The first kappa shape index (κ1) is 20.3. The van der Waals surface area contributed by atoms with Gasteiger partial charge in [-0.3, -0.25) is 9.89 Å². The third kappa shape index (κ3) is 4.58. The summed E-state index contributed by atoms with van der Waals surface area (Å²) in [6, 6.07) is 8.19. The van der Waals surface area contributed by atoms with Gasteiger partial charge in [0.2, 0.25) is 5.91 Å². The molecule has 160 valence electrons. The lowest BCUT2D eigenvalue weighted by Crippen LogP contribution is -2.33. The fourth-order valence-electron chi connectivity index (χ4n) is 4.17. The molecule has 30 heavy (non-hydrogen) atoms. The van der Waals surface area contributed by atoms with E-state index in [0.717, 1.165) is 42.0 Å². The lowest BCUT2D eigenvalue weighted by molar-refractivity contribution is -0.130. The third-order valence-corrected chi connectivity index (χ3v) is 5.76. The third-order valence-electron chi connectivity index (χ3n) is 5.76. The maximum absolute atomic E-state index is 12.0. The number of aromatic amines is 1. The van der Waals surface area contributed by atoms with Crippen molar-refractivity contribution < 1.29 is 14.3 Å². The first-order chi connectivity index (χ1) is 14.4. The molecule has 1 aliphatic carbocycles. The lowest BCUT2D eigenvalue weighted by Gasteiger charge is -2.25. The van der Waals surface area contributed by atoms with Crippen molar-refractivity contribution in [2.75, 3.05) is 12.4 Å². The molecule has 0 spiro atoms. The number of anilines is 2. The maximum atomic E-state index is 12.0. The Morgan fingerprint density at radius 3 is 2.90 bits per heavy atom. The van der Waals surface area contributed by atoms with Crippen LogP contribution in [0, 0.1) is 0 Å². The molecule has 1 fully saturated rings. The van der Waals surface area contributed by atoms with Crippen LogP contribution in [0.25, 0.3) is 0 Å². The Hall–Kier alpha value is -3.03. The van der Waals surface area contributed by atoms with Gasteiger partial charge in [0.05, 0.1) is 6.42 Å². The van der Waals surface area contributed by atoms with Crippen LogP contribution in [-0.2, 0) is 22.5 Å². The highest BCUT2D eigenvalue weighted by Gasteiger charge is 2.30. The number of nitrogens with zero attached hydrogens (tertiary/aromatic N) is 2. The molecule has 2 heterocycles. The standard InChI is InChI=1S/C22H29N5O3/c1-13(2)23-22(29)30-18-7-5-14(9-18)19-11-20(26-25-19)24-17-6-4-15-12-27(3)21(28)10-16(15)8-17/h4,6,8,11,13-14,18H,5,7,9-10,12H2,1-3H3,(H,23,29)(H2,24,25,26)/t14-,18?/m0/s1. The van der Waals surface area contributed by atoms with Gasteiger partial charge < -0.3 is 20.3 Å². The topological polar surface area (TPSA) is 99.3 Å². The highest BCUT2D eigenvalue weighted by atomic mass is 16.6. The van der Waals surface area contributed by atoms with E-state index in [-0.39, 0.29) is 24.1 Å². The van der Waals surface area contributed by atoms with E-state index < -0.39 is 0 Å². The van der Waals surface area contributed by atoms with E-state index in [1.165, 1.54) is 5.56 Å². The molecule has 2 amide bonds. The van der Waals surface area contributed by atoms with Gasteiger partial charge in [0.1, 0.15) is 6.10 Å². The van der Waals surface area contributed by atoms with Crippen LogP contribution in [0.1, 0.15) is 55.8 Å². The van der Waals surface area contributed by atoms with Gasteiger partial charge in [-0.2, -0.15) is 5.10 Å². The van der Waals surface area contributed by atoms with Crippen molar-refractivity contribution in [3.8, 4) is 0 Å². The number of H-pyrrole nitrogens is 1. The molecular formula is C22H29N5O3. The normalized spacial score (nSPS) is 20.9. The van der Waals surface area contributed by atoms with Gasteiger partial charge in [0.15, 0.2) is 5.82 Å². The molecule has 2 aliphatic rings. The molecule has 1 aromatic heterocycles. The molecule has 8 heteroatoms. The number of hydrogen-bond acceptors (Lipinski definition) is 5. The zero-order valence-corrected chi connectivity index (χ0v) is 17.7. The van der Waals surface area contributed by atoms with Crippen molar-refractivity contribution in [1.29, 1.82) is 0 Å². The van der Waals surface area contributed by atoms with Gasteiger partial charge in [0.25, 0.3) is 0 Å². The predicted molar refractivity (Wildman–Crippen MR) is 114 cm³/mol. The van der Waals surface area contributed by atoms with Crippen molar-refractivity contribution in [2.24, 2.45) is 0 Å². The summed E-state index contributed by atoms with van der Waals surface area (Å²) in [4.78, 5) is 25.5. The summed E-state index contributed by atoms with van der Waals surface area (Å²) in [7, 11) is 1.83. The van der Waals surface area contributed by atoms with Gasteiger partial charge in [-0.15, -0.1) is 0 Å². The molecule has 3 N–H and O–H groups in total. The van der Waals surface area contributed by atoms with Gasteiger partial charge in [-0.05, 0) is 56.4 Å². The highest BCUT2D eigenvalue weighted by Crippen LogP contribution is 2.36. The molecule has 1 aromatic carbocycles. The number of benzene rings is 1. The van der Waals surface area contributed by atoms with E-state index in [1.54, 1.807) is 4.90 Å². The lowest BCUT2D eigenvalue weighted by atomic mass is 9.99. The van der Waals surface area contributed by atoms with E-state index >= 15 is 0 Å². The Morgan fingerprint density at radius 1 is 1.27 bits per heavy atom. The second-order valence-electron chi connectivity index (χ2n) is 8.58. The second kappa shape index (κ2) is 8.38. The van der Waals surface area contributed by atoms with Crippen molar-refractivity contribution in [3.63, 3.8) is 0 Å². The van der Waals surface area contributed by atoms with Crippen molar-refractivity contribution in [3.05, 3.63) is 41.1 Å². The summed E-state index contributed by atoms with van der Waals surface area (Å²) in [6.45, 7) is 4.48.